The van der Waals surface area contributed by atoms with Crippen molar-refractivity contribution in [3.8, 4) is 0 Å². The standard InChI is InChI=1S/C10H15F2NO5/c11-8(12)5-13(3-4-14)9(15)6-1-2-7(18-6)10(16)17/h6-8,14H,1-5H2,(H,16,17). The van der Waals surface area contributed by atoms with Gasteiger partial charge in [-0.05, 0) is 12.8 Å². The van der Waals surface area contributed by atoms with Gasteiger partial charge in [-0.15, -0.1) is 0 Å². The molecule has 8 heteroatoms. The number of aliphatic hydroxyl groups is 1. The predicted molar refractivity (Wildman–Crippen MR) is 55.2 cm³/mol. The smallest absolute Gasteiger partial charge is 0.332 e. The van der Waals surface area contributed by atoms with E-state index in [9.17, 15) is 18.4 Å². The van der Waals surface area contributed by atoms with Crippen LogP contribution in [-0.2, 0) is 14.3 Å². The number of nitrogens with zero attached hydrogens (tertiary/aromatic N) is 1. The molecule has 1 fully saturated rings. The molecule has 0 bridgehead atoms. The first-order chi connectivity index (χ1) is 8.45. The van der Waals surface area contributed by atoms with Crippen molar-refractivity contribution in [1.82, 2.24) is 4.90 Å². The van der Waals surface area contributed by atoms with Gasteiger partial charge in [-0.25, -0.2) is 13.6 Å². The first-order valence-electron chi connectivity index (χ1n) is 5.51. The van der Waals surface area contributed by atoms with Crippen LogP contribution in [0.4, 0.5) is 8.78 Å². The number of hydrogen-bond donors (Lipinski definition) is 2. The Labute approximate surface area is 102 Å². The summed E-state index contributed by atoms with van der Waals surface area (Å²) in [6.07, 6.45) is -4.44. The summed E-state index contributed by atoms with van der Waals surface area (Å²) in [6.45, 7) is -1.45. The molecule has 1 rings (SSSR count). The SMILES string of the molecule is O=C(O)C1CCC(C(=O)N(CCO)CC(F)F)O1. The molecule has 6 nitrogen and oxygen atoms in total. The first-order valence-corrected chi connectivity index (χ1v) is 5.51. The zero-order valence-electron chi connectivity index (χ0n) is 9.59. The van der Waals surface area contributed by atoms with Crippen LogP contribution in [0.15, 0.2) is 0 Å². The molecule has 1 aliphatic heterocycles. The van der Waals surface area contributed by atoms with Gasteiger partial charge in [0.15, 0.2) is 6.10 Å². The van der Waals surface area contributed by atoms with Gasteiger partial charge >= 0.3 is 5.97 Å². The highest BCUT2D eigenvalue weighted by molar-refractivity contribution is 5.82. The molecule has 1 heterocycles. The number of aliphatic carboxylic acids is 1. The quantitative estimate of drug-likeness (QED) is 0.690. The van der Waals surface area contributed by atoms with E-state index >= 15 is 0 Å². The normalized spacial score (nSPS) is 23.3. The predicted octanol–water partition coefficient (Wildman–Crippen LogP) is -0.295. The molecule has 0 aromatic rings. The molecule has 0 aliphatic carbocycles. The Bertz CT molecular complexity index is 313. The van der Waals surface area contributed by atoms with Crippen molar-refractivity contribution in [2.45, 2.75) is 31.5 Å². The van der Waals surface area contributed by atoms with Crippen molar-refractivity contribution in [2.24, 2.45) is 0 Å². The van der Waals surface area contributed by atoms with Crippen LogP contribution in [-0.4, -0.2) is 65.3 Å². The maximum atomic E-state index is 12.2. The summed E-state index contributed by atoms with van der Waals surface area (Å²) in [6, 6.07) is 0. The number of alkyl halides is 2. The molecule has 0 aromatic heterocycles. The molecule has 0 spiro atoms. The van der Waals surface area contributed by atoms with E-state index in [1.807, 2.05) is 0 Å². The van der Waals surface area contributed by atoms with Gasteiger partial charge in [0.25, 0.3) is 12.3 Å². The Hall–Kier alpha value is -1.28. The molecular formula is C10H15F2NO5. The van der Waals surface area contributed by atoms with E-state index in [-0.39, 0.29) is 19.4 Å². The summed E-state index contributed by atoms with van der Waals surface area (Å²) < 4.78 is 29.5. The highest BCUT2D eigenvalue weighted by Gasteiger charge is 2.37. The Morgan fingerprint density at radius 3 is 2.39 bits per heavy atom. The second kappa shape index (κ2) is 6.60. The molecule has 1 amide bonds. The van der Waals surface area contributed by atoms with Crippen molar-refractivity contribution in [3.63, 3.8) is 0 Å². The maximum absolute atomic E-state index is 12.2. The second-order valence-corrected chi connectivity index (χ2v) is 3.93. The Balaban J connectivity index is 2.58. The van der Waals surface area contributed by atoms with Gasteiger partial charge in [-0.2, -0.15) is 0 Å². The maximum Gasteiger partial charge on any atom is 0.332 e. The number of halogens is 2. The third kappa shape index (κ3) is 3.88. The van der Waals surface area contributed by atoms with Gasteiger partial charge in [0, 0.05) is 6.54 Å². The van der Waals surface area contributed by atoms with Crippen molar-refractivity contribution in [1.29, 1.82) is 0 Å². The Kier molecular flexibility index (Phi) is 5.42. The lowest BCUT2D eigenvalue weighted by molar-refractivity contribution is -0.155. The fourth-order valence-electron chi connectivity index (χ4n) is 1.78. The minimum absolute atomic E-state index is 0.174. The molecule has 2 N–H and O–H groups in total. The molecule has 1 aliphatic rings. The van der Waals surface area contributed by atoms with Gasteiger partial charge in [-0.1, -0.05) is 0 Å². The molecule has 0 radical (unpaired) electrons. The number of carboxylic acid groups (broad SMARTS) is 1. The van der Waals surface area contributed by atoms with Gasteiger partial charge in [0.1, 0.15) is 6.10 Å². The number of ether oxygens (including phenoxy) is 1. The third-order valence-corrected chi connectivity index (χ3v) is 2.61. The van der Waals surface area contributed by atoms with E-state index in [4.69, 9.17) is 14.9 Å². The number of rotatable bonds is 6. The number of aliphatic hydroxyl groups excluding tert-OH is 1. The van der Waals surface area contributed by atoms with Crippen LogP contribution in [0.1, 0.15) is 12.8 Å². The van der Waals surface area contributed by atoms with Crippen LogP contribution in [0.25, 0.3) is 0 Å². The van der Waals surface area contributed by atoms with Crippen LogP contribution in [0.5, 0.6) is 0 Å². The van der Waals surface area contributed by atoms with Crippen LogP contribution >= 0.6 is 0 Å². The van der Waals surface area contributed by atoms with Gasteiger partial charge < -0.3 is 19.8 Å². The summed E-state index contributed by atoms with van der Waals surface area (Å²) in [5.74, 6) is -1.87. The van der Waals surface area contributed by atoms with E-state index in [0.29, 0.717) is 0 Å². The molecule has 1 saturated heterocycles. The molecule has 2 atom stereocenters. The summed E-state index contributed by atoms with van der Waals surface area (Å²) in [4.78, 5) is 23.2. The third-order valence-electron chi connectivity index (χ3n) is 2.61. The Morgan fingerprint density at radius 2 is 1.94 bits per heavy atom. The minimum atomic E-state index is -2.71. The number of hydrogen-bond acceptors (Lipinski definition) is 4. The second-order valence-electron chi connectivity index (χ2n) is 3.93. The van der Waals surface area contributed by atoms with Crippen LogP contribution in [0.3, 0.4) is 0 Å². The van der Waals surface area contributed by atoms with Crippen molar-refractivity contribution in [3.05, 3.63) is 0 Å². The first kappa shape index (κ1) is 14.8. The van der Waals surface area contributed by atoms with Crippen molar-refractivity contribution in [2.75, 3.05) is 19.7 Å². The Morgan fingerprint density at radius 1 is 1.33 bits per heavy atom. The number of amides is 1. The zero-order valence-corrected chi connectivity index (χ0v) is 9.59. The minimum Gasteiger partial charge on any atom is -0.479 e. The summed E-state index contributed by atoms with van der Waals surface area (Å²) in [5, 5.41) is 17.4. The van der Waals surface area contributed by atoms with Crippen LogP contribution < -0.4 is 0 Å². The van der Waals surface area contributed by atoms with Gasteiger partial charge in [0.05, 0.1) is 13.2 Å². The highest BCUT2D eigenvalue weighted by atomic mass is 19.3. The topological polar surface area (TPSA) is 87.1 Å². The van der Waals surface area contributed by atoms with Gasteiger partial charge in [-0.3, -0.25) is 4.79 Å². The number of carbonyl (C=O) groups is 2. The van der Waals surface area contributed by atoms with E-state index < -0.39 is 43.7 Å². The molecule has 0 aromatic carbocycles. The van der Waals surface area contributed by atoms with Gasteiger partial charge in [0.2, 0.25) is 0 Å². The van der Waals surface area contributed by atoms with E-state index in [1.54, 1.807) is 0 Å². The van der Waals surface area contributed by atoms with E-state index in [2.05, 4.69) is 0 Å². The van der Waals surface area contributed by atoms with E-state index in [1.165, 1.54) is 0 Å². The molecule has 0 saturated carbocycles. The summed E-state index contributed by atoms with van der Waals surface area (Å²) in [5.41, 5.74) is 0. The van der Waals surface area contributed by atoms with Crippen molar-refractivity contribution >= 4 is 11.9 Å². The summed E-state index contributed by atoms with van der Waals surface area (Å²) in [7, 11) is 0. The average Bonchev–Trinajstić information content (AvgIpc) is 2.76. The lowest BCUT2D eigenvalue weighted by Crippen LogP contribution is -2.43. The van der Waals surface area contributed by atoms with Crippen molar-refractivity contribution < 1.29 is 33.3 Å². The highest BCUT2D eigenvalue weighted by Crippen LogP contribution is 2.21. The lowest BCUT2D eigenvalue weighted by Gasteiger charge is -2.24. The van der Waals surface area contributed by atoms with Crippen LogP contribution in [0, 0.1) is 0 Å². The van der Waals surface area contributed by atoms with E-state index in [0.717, 1.165) is 4.90 Å². The zero-order chi connectivity index (χ0) is 13.7. The molecular weight excluding hydrogens is 252 g/mol. The van der Waals surface area contributed by atoms with Crippen LogP contribution in [0.2, 0.25) is 0 Å². The monoisotopic (exact) mass is 267 g/mol. The largest absolute Gasteiger partial charge is 0.479 e. The number of carboxylic acids is 1. The number of carbonyl (C=O) groups excluding carboxylic acids is 1. The lowest BCUT2D eigenvalue weighted by atomic mass is 10.2. The molecule has 2 unspecified atom stereocenters. The molecule has 104 valence electrons. The fraction of sp³-hybridized carbons (Fsp3) is 0.800. The average molecular weight is 267 g/mol. The summed E-state index contributed by atoms with van der Waals surface area (Å²) >= 11 is 0. The fourth-order valence-corrected chi connectivity index (χ4v) is 1.78. The molecule has 18 heavy (non-hydrogen) atoms.